The van der Waals surface area contributed by atoms with Gasteiger partial charge in [0.15, 0.2) is 0 Å². The lowest BCUT2D eigenvalue weighted by Crippen LogP contribution is -2.33. The largest absolute Gasteiger partial charge is 0.342 e. The van der Waals surface area contributed by atoms with Crippen LogP contribution in [0.2, 0.25) is 0 Å². The smallest absolute Gasteiger partial charge is 0.209 e. The Hall–Kier alpha value is -1.05. The van der Waals surface area contributed by atoms with Crippen molar-refractivity contribution >= 4 is 6.41 Å². The van der Waals surface area contributed by atoms with E-state index in [2.05, 4.69) is 25.7 Å². The van der Waals surface area contributed by atoms with Crippen LogP contribution in [0.4, 0.5) is 0 Å². The molecule has 0 aromatic heterocycles. The van der Waals surface area contributed by atoms with Gasteiger partial charge in [-0.2, -0.15) is 0 Å². The predicted molar refractivity (Wildman–Crippen MR) is 68.1 cm³/mol. The van der Waals surface area contributed by atoms with Crippen LogP contribution in [0.1, 0.15) is 39.0 Å². The first-order valence-corrected chi connectivity index (χ1v) is 6.32. The van der Waals surface area contributed by atoms with Crippen LogP contribution in [0.15, 0.2) is 24.8 Å². The second-order valence-electron chi connectivity index (χ2n) is 4.42. The van der Waals surface area contributed by atoms with Crippen LogP contribution in [0.3, 0.4) is 0 Å². The lowest BCUT2D eigenvalue weighted by Gasteiger charge is -2.26. The van der Waals surface area contributed by atoms with E-state index in [9.17, 15) is 4.79 Å². The number of hydrogen-bond acceptors (Lipinski definition) is 1. The highest BCUT2D eigenvalue weighted by molar-refractivity contribution is 5.48. The molecule has 1 rings (SSSR count). The summed E-state index contributed by atoms with van der Waals surface area (Å²) in [5.74, 6) is 0.505. The molecule has 0 bridgehead atoms. The van der Waals surface area contributed by atoms with Crippen molar-refractivity contribution in [2.45, 2.75) is 45.1 Å². The lowest BCUT2D eigenvalue weighted by molar-refractivity contribution is -0.119. The van der Waals surface area contributed by atoms with Crippen molar-refractivity contribution in [2.75, 3.05) is 6.54 Å². The van der Waals surface area contributed by atoms with E-state index < -0.39 is 0 Å². The van der Waals surface area contributed by atoms with Crippen LogP contribution < -0.4 is 0 Å². The molecular weight excluding hydrogens is 198 g/mol. The molecule has 1 amide bonds. The fourth-order valence-electron chi connectivity index (χ4n) is 2.44. The molecule has 2 heteroatoms. The summed E-state index contributed by atoms with van der Waals surface area (Å²) in [6.45, 7) is 6.85. The van der Waals surface area contributed by atoms with Crippen molar-refractivity contribution in [3.63, 3.8) is 0 Å². The summed E-state index contributed by atoms with van der Waals surface area (Å²) in [6, 6.07) is 0.417. The molecular formula is C14H23NO. The number of allylic oxidation sites excluding steroid dienone is 2. The third kappa shape index (κ3) is 3.51. The average Bonchev–Trinajstić information content (AvgIpc) is 2.77. The van der Waals surface area contributed by atoms with E-state index >= 15 is 0 Å². The first-order valence-electron chi connectivity index (χ1n) is 6.32. The molecule has 90 valence electrons. The summed E-state index contributed by atoms with van der Waals surface area (Å²) in [6.07, 6.45) is 13.0. The summed E-state index contributed by atoms with van der Waals surface area (Å²) >= 11 is 0. The maximum atomic E-state index is 11.0. The van der Waals surface area contributed by atoms with E-state index in [4.69, 9.17) is 0 Å². The molecule has 1 saturated heterocycles. The normalized spacial score (nSPS) is 22.6. The van der Waals surface area contributed by atoms with Gasteiger partial charge in [0.25, 0.3) is 0 Å². The molecule has 1 heterocycles. The second kappa shape index (κ2) is 7.26. The highest BCUT2D eigenvalue weighted by Gasteiger charge is 2.28. The van der Waals surface area contributed by atoms with Gasteiger partial charge in [-0.05, 0) is 38.0 Å². The Labute approximate surface area is 99.0 Å². The quantitative estimate of drug-likeness (QED) is 0.477. The van der Waals surface area contributed by atoms with Gasteiger partial charge in [0.1, 0.15) is 0 Å². The van der Waals surface area contributed by atoms with Crippen LogP contribution in [0.25, 0.3) is 0 Å². The maximum absolute atomic E-state index is 11.0. The molecule has 0 saturated carbocycles. The highest BCUT2D eigenvalue weighted by Crippen LogP contribution is 2.27. The van der Waals surface area contributed by atoms with Crippen molar-refractivity contribution in [3.05, 3.63) is 24.8 Å². The van der Waals surface area contributed by atoms with Gasteiger partial charge in [0.2, 0.25) is 6.41 Å². The molecule has 0 aromatic carbocycles. The molecule has 2 unspecified atom stereocenters. The van der Waals surface area contributed by atoms with Gasteiger partial charge < -0.3 is 4.90 Å². The van der Waals surface area contributed by atoms with Crippen molar-refractivity contribution in [3.8, 4) is 0 Å². The zero-order chi connectivity index (χ0) is 11.8. The van der Waals surface area contributed by atoms with E-state index in [1.54, 1.807) is 0 Å². The van der Waals surface area contributed by atoms with Gasteiger partial charge >= 0.3 is 0 Å². The Bertz CT molecular complexity index is 247. The van der Waals surface area contributed by atoms with Crippen LogP contribution in [-0.2, 0) is 4.79 Å². The molecule has 0 spiro atoms. The van der Waals surface area contributed by atoms with Crippen LogP contribution >= 0.6 is 0 Å². The SMILES string of the molecule is C=CCCC(/C=C\CC)C1CCCN1C=O. The third-order valence-corrected chi connectivity index (χ3v) is 3.29. The fourth-order valence-corrected chi connectivity index (χ4v) is 2.44. The Morgan fingerprint density at radius 1 is 1.56 bits per heavy atom. The van der Waals surface area contributed by atoms with Crippen molar-refractivity contribution < 1.29 is 4.79 Å². The number of amides is 1. The van der Waals surface area contributed by atoms with E-state index in [0.717, 1.165) is 45.1 Å². The van der Waals surface area contributed by atoms with Gasteiger partial charge in [-0.15, -0.1) is 6.58 Å². The molecule has 0 N–H and O–H groups in total. The summed E-state index contributed by atoms with van der Waals surface area (Å²) in [5.41, 5.74) is 0. The molecule has 16 heavy (non-hydrogen) atoms. The summed E-state index contributed by atoms with van der Waals surface area (Å²) < 4.78 is 0. The minimum atomic E-state index is 0.417. The van der Waals surface area contributed by atoms with Gasteiger partial charge in [0, 0.05) is 12.6 Å². The molecule has 0 aromatic rings. The monoisotopic (exact) mass is 221 g/mol. The third-order valence-electron chi connectivity index (χ3n) is 3.29. The number of rotatable bonds is 7. The van der Waals surface area contributed by atoms with Gasteiger partial charge in [-0.1, -0.05) is 25.2 Å². The molecule has 0 aliphatic carbocycles. The molecule has 1 fully saturated rings. The Balaban J connectivity index is 2.62. The van der Waals surface area contributed by atoms with Gasteiger partial charge in [-0.3, -0.25) is 4.79 Å². The molecule has 0 radical (unpaired) electrons. The van der Waals surface area contributed by atoms with Crippen molar-refractivity contribution in [1.82, 2.24) is 4.90 Å². The fraction of sp³-hybridized carbons (Fsp3) is 0.643. The topological polar surface area (TPSA) is 20.3 Å². The van der Waals surface area contributed by atoms with E-state index in [1.807, 2.05) is 11.0 Å². The molecule has 1 aliphatic heterocycles. The minimum Gasteiger partial charge on any atom is -0.342 e. The zero-order valence-electron chi connectivity index (χ0n) is 10.3. The van der Waals surface area contributed by atoms with Crippen LogP contribution in [0, 0.1) is 5.92 Å². The first-order chi connectivity index (χ1) is 7.83. The Morgan fingerprint density at radius 2 is 2.38 bits per heavy atom. The van der Waals surface area contributed by atoms with Gasteiger partial charge in [-0.25, -0.2) is 0 Å². The predicted octanol–water partition coefficient (Wildman–Crippen LogP) is 3.16. The summed E-state index contributed by atoms with van der Waals surface area (Å²) in [7, 11) is 0. The number of hydrogen-bond donors (Lipinski definition) is 0. The minimum absolute atomic E-state index is 0.417. The van der Waals surface area contributed by atoms with E-state index in [0.29, 0.717) is 12.0 Å². The summed E-state index contributed by atoms with van der Waals surface area (Å²) in [5, 5.41) is 0. The standard InChI is InChI=1S/C14H23NO/c1-3-5-8-13(9-6-4-2)14-10-7-11-15(14)12-16/h3,6,9,12-14H,1,4-5,7-8,10-11H2,2H3/b9-6-. The van der Waals surface area contributed by atoms with Crippen LogP contribution in [-0.4, -0.2) is 23.9 Å². The lowest BCUT2D eigenvalue weighted by atomic mass is 9.92. The second-order valence-corrected chi connectivity index (χ2v) is 4.42. The van der Waals surface area contributed by atoms with E-state index in [1.165, 1.54) is 0 Å². The maximum Gasteiger partial charge on any atom is 0.209 e. The van der Waals surface area contributed by atoms with E-state index in [-0.39, 0.29) is 0 Å². The number of likely N-dealkylation sites (tertiary alicyclic amines) is 1. The Morgan fingerprint density at radius 3 is 3.00 bits per heavy atom. The average molecular weight is 221 g/mol. The number of nitrogens with zero attached hydrogens (tertiary/aromatic N) is 1. The van der Waals surface area contributed by atoms with Crippen LogP contribution in [0.5, 0.6) is 0 Å². The van der Waals surface area contributed by atoms with Crippen molar-refractivity contribution in [2.24, 2.45) is 5.92 Å². The molecule has 2 nitrogen and oxygen atoms in total. The number of carbonyl (C=O) groups excluding carboxylic acids is 1. The highest BCUT2D eigenvalue weighted by atomic mass is 16.1. The Kier molecular flexibility index (Phi) is 5.91. The molecule has 1 aliphatic rings. The molecule has 2 atom stereocenters. The summed E-state index contributed by atoms with van der Waals surface area (Å²) in [4.78, 5) is 12.9. The first kappa shape index (κ1) is 13.0. The van der Waals surface area contributed by atoms with Gasteiger partial charge in [0.05, 0.1) is 0 Å². The van der Waals surface area contributed by atoms with Crippen molar-refractivity contribution in [1.29, 1.82) is 0 Å². The zero-order valence-corrected chi connectivity index (χ0v) is 10.3. The number of carbonyl (C=O) groups is 1.